The van der Waals surface area contributed by atoms with Gasteiger partial charge >= 0.3 is 20.0 Å². The van der Waals surface area contributed by atoms with E-state index < -0.39 is 38.1 Å². The number of phosphoric ester groups is 1. The SMILES string of the molecule is C[N+](C)(C)C[C@@H](CC(=O)O)OP(=O)(O)OCCCCCCCCOc1ccccc1C(F)(F)F. The molecule has 34 heavy (non-hydrogen) atoms. The number of ether oxygens (including phenoxy) is 1. The Morgan fingerprint density at radius 1 is 1.03 bits per heavy atom. The molecule has 1 rings (SSSR count). The lowest BCUT2D eigenvalue weighted by Crippen LogP contribution is -2.42. The molecule has 0 spiro atoms. The van der Waals surface area contributed by atoms with Gasteiger partial charge in [0.2, 0.25) is 0 Å². The van der Waals surface area contributed by atoms with Crippen molar-refractivity contribution in [1.29, 1.82) is 0 Å². The molecule has 0 fully saturated rings. The second-order valence-corrected chi connectivity index (χ2v) is 10.5. The lowest BCUT2D eigenvalue weighted by molar-refractivity contribution is -0.873. The molecular formula is C22H36F3NO7P+. The van der Waals surface area contributed by atoms with Gasteiger partial charge in [0.1, 0.15) is 18.4 Å². The van der Waals surface area contributed by atoms with Crippen molar-refractivity contribution < 1.29 is 50.8 Å². The number of benzene rings is 1. The van der Waals surface area contributed by atoms with Gasteiger partial charge in [-0.3, -0.25) is 13.8 Å². The summed E-state index contributed by atoms with van der Waals surface area (Å²) < 4.78 is 66.6. The number of hydrogen-bond donors (Lipinski definition) is 2. The van der Waals surface area contributed by atoms with Crippen LogP contribution in [0.4, 0.5) is 13.2 Å². The number of hydrogen-bond acceptors (Lipinski definition) is 5. The molecule has 0 aliphatic rings. The number of aliphatic carboxylic acids is 1. The molecule has 0 amide bonds. The maximum Gasteiger partial charge on any atom is 0.472 e. The summed E-state index contributed by atoms with van der Waals surface area (Å²) in [6, 6.07) is 5.11. The molecule has 0 aliphatic heterocycles. The molecule has 1 aromatic rings. The molecule has 0 saturated carbocycles. The van der Waals surface area contributed by atoms with E-state index in [2.05, 4.69) is 0 Å². The Bertz CT molecular complexity index is 799. The molecule has 0 aromatic heterocycles. The van der Waals surface area contributed by atoms with Crippen molar-refractivity contribution >= 4 is 13.8 Å². The second-order valence-electron chi connectivity index (χ2n) is 9.06. The molecule has 1 aromatic carbocycles. The van der Waals surface area contributed by atoms with E-state index in [0.29, 0.717) is 17.3 Å². The lowest BCUT2D eigenvalue weighted by atomic mass is 10.1. The van der Waals surface area contributed by atoms with Crippen LogP contribution in [0.15, 0.2) is 24.3 Å². The third-order valence-corrected chi connectivity index (χ3v) is 5.75. The van der Waals surface area contributed by atoms with Crippen LogP contribution in [0.25, 0.3) is 0 Å². The van der Waals surface area contributed by atoms with Crippen molar-refractivity contribution in [2.45, 2.75) is 57.2 Å². The van der Waals surface area contributed by atoms with Crippen molar-refractivity contribution in [1.82, 2.24) is 0 Å². The Labute approximate surface area is 198 Å². The van der Waals surface area contributed by atoms with E-state index in [-0.39, 0.29) is 25.5 Å². The van der Waals surface area contributed by atoms with E-state index >= 15 is 0 Å². The topological polar surface area (TPSA) is 102 Å². The summed E-state index contributed by atoms with van der Waals surface area (Å²) in [7, 11) is 1.07. The fourth-order valence-electron chi connectivity index (χ4n) is 3.26. The number of rotatable bonds is 17. The highest BCUT2D eigenvalue weighted by molar-refractivity contribution is 7.47. The molecule has 196 valence electrons. The largest absolute Gasteiger partial charge is 0.493 e. The average Bonchev–Trinajstić information content (AvgIpc) is 2.66. The van der Waals surface area contributed by atoms with Gasteiger partial charge in [-0.25, -0.2) is 4.57 Å². The van der Waals surface area contributed by atoms with Crippen molar-refractivity contribution in [3.63, 3.8) is 0 Å². The Morgan fingerprint density at radius 2 is 1.59 bits per heavy atom. The fourth-order valence-corrected chi connectivity index (χ4v) is 4.20. The van der Waals surface area contributed by atoms with Crippen LogP contribution >= 0.6 is 7.82 Å². The molecular weight excluding hydrogens is 478 g/mol. The number of halogens is 3. The number of alkyl halides is 3. The minimum Gasteiger partial charge on any atom is -0.493 e. The number of carbonyl (C=O) groups is 1. The Balaban J connectivity index is 2.20. The van der Waals surface area contributed by atoms with Gasteiger partial charge in [0.05, 0.1) is 46.3 Å². The van der Waals surface area contributed by atoms with E-state index in [1.54, 1.807) is 0 Å². The monoisotopic (exact) mass is 514 g/mol. The van der Waals surface area contributed by atoms with Gasteiger partial charge in [0, 0.05) is 0 Å². The van der Waals surface area contributed by atoms with Gasteiger partial charge in [0.15, 0.2) is 0 Å². The van der Waals surface area contributed by atoms with Crippen LogP contribution in [0.2, 0.25) is 0 Å². The minimum atomic E-state index is -4.45. The normalized spacial score (nSPS) is 15.0. The van der Waals surface area contributed by atoms with Gasteiger partial charge in [-0.05, 0) is 25.0 Å². The van der Waals surface area contributed by atoms with Gasteiger partial charge in [-0.1, -0.05) is 37.8 Å². The molecule has 0 saturated heterocycles. The van der Waals surface area contributed by atoms with Crippen molar-refractivity contribution in [3.8, 4) is 5.75 Å². The minimum absolute atomic E-state index is 0.00468. The van der Waals surface area contributed by atoms with Crippen LogP contribution in [0, 0.1) is 0 Å². The van der Waals surface area contributed by atoms with Gasteiger partial charge in [0.25, 0.3) is 0 Å². The van der Waals surface area contributed by atoms with E-state index in [9.17, 15) is 27.4 Å². The number of carboxylic acid groups (broad SMARTS) is 1. The van der Waals surface area contributed by atoms with Crippen LogP contribution in [0.3, 0.4) is 0 Å². The molecule has 1 unspecified atom stereocenters. The number of phosphoric acid groups is 1. The Morgan fingerprint density at radius 3 is 2.15 bits per heavy atom. The van der Waals surface area contributed by atoms with Crippen LogP contribution in [-0.2, 0) is 24.6 Å². The second kappa shape index (κ2) is 14.0. The summed E-state index contributed by atoms with van der Waals surface area (Å²) in [4.78, 5) is 20.9. The number of likely N-dealkylation sites (N-methyl/N-ethyl adjacent to an activating group) is 1. The number of quaternary nitrogens is 1. The zero-order chi connectivity index (χ0) is 25.8. The zero-order valence-corrected chi connectivity index (χ0v) is 20.8. The molecule has 0 aliphatic carbocycles. The standard InChI is InChI=1S/C22H35F3NO7P/c1-26(2,3)17-18(16-21(27)28)33-34(29,30)32-15-11-7-5-4-6-10-14-31-20-13-9-8-12-19(20)22(23,24)25/h8-9,12-13,18H,4-7,10-11,14-17H2,1-3H3,(H-,27,28,29,30)/p+1/t18-/m1/s1. The van der Waals surface area contributed by atoms with Gasteiger partial charge < -0.3 is 19.2 Å². The predicted molar refractivity (Wildman–Crippen MR) is 120 cm³/mol. The first kappa shape index (κ1) is 30.4. The third-order valence-electron chi connectivity index (χ3n) is 4.68. The fraction of sp³-hybridized carbons (Fsp3) is 0.682. The maximum atomic E-state index is 12.9. The van der Waals surface area contributed by atoms with E-state index in [4.69, 9.17) is 18.9 Å². The van der Waals surface area contributed by atoms with E-state index in [1.165, 1.54) is 18.2 Å². The van der Waals surface area contributed by atoms with Crippen LogP contribution in [-0.4, -0.2) is 67.5 Å². The first-order valence-electron chi connectivity index (χ1n) is 11.2. The summed E-state index contributed by atoms with van der Waals surface area (Å²) in [6.45, 7) is 0.410. The maximum absolute atomic E-state index is 12.9. The summed E-state index contributed by atoms with van der Waals surface area (Å²) >= 11 is 0. The van der Waals surface area contributed by atoms with Gasteiger partial charge in [-0.2, -0.15) is 13.2 Å². The first-order valence-corrected chi connectivity index (χ1v) is 12.7. The van der Waals surface area contributed by atoms with Crippen molar-refractivity contribution in [3.05, 3.63) is 29.8 Å². The summed E-state index contributed by atoms with van der Waals surface area (Å²) in [5, 5.41) is 8.98. The molecule has 12 heteroatoms. The Kier molecular flexibility index (Phi) is 12.5. The van der Waals surface area contributed by atoms with E-state index in [1.807, 2.05) is 21.1 Å². The molecule has 0 radical (unpaired) electrons. The van der Waals surface area contributed by atoms with Crippen molar-refractivity contribution in [2.24, 2.45) is 0 Å². The van der Waals surface area contributed by atoms with Gasteiger partial charge in [-0.15, -0.1) is 0 Å². The molecule has 0 bridgehead atoms. The number of para-hydroxylation sites is 1. The highest BCUT2D eigenvalue weighted by Crippen LogP contribution is 2.45. The summed E-state index contributed by atoms with van der Waals surface area (Å²) in [5.41, 5.74) is -0.785. The van der Waals surface area contributed by atoms with Crippen molar-refractivity contribution in [2.75, 3.05) is 40.9 Å². The summed E-state index contributed by atoms with van der Waals surface area (Å²) in [5.74, 6) is -1.30. The highest BCUT2D eigenvalue weighted by Gasteiger charge is 2.34. The lowest BCUT2D eigenvalue weighted by Gasteiger charge is -2.29. The number of carboxylic acids is 1. The average molecular weight is 514 g/mol. The van der Waals surface area contributed by atoms with Crippen LogP contribution in [0.5, 0.6) is 5.75 Å². The first-order chi connectivity index (χ1) is 15.7. The Hall–Kier alpha value is -1.65. The molecule has 0 heterocycles. The van der Waals surface area contributed by atoms with E-state index in [0.717, 1.165) is 31.7 Å². The molecule has 8 nitrogen and oxygen atoms in total. The number of unbranched alkanes of at least 4 members (excludes halogenated alkanes) is 5. The highest BCUT2D eigenvalue weighted by atomic mass is 31.2. The molecule has 2 N–H and O–H groups in total. The van der Waals surface area contributed by atoms with Crippen LogP contribution < -0.4 is 4.74 Å². The third kappa shape index (κ3) is 13.9. The quantitative estimate of drug-likeness (QED) is 0.169. The smallest absolute Gasteiger partial charge is 0.472 e. The van der Waals surface area contributed by atoms with Crippen LogP contribution in [0.1, 0.15) is 50.5 Å². The zero-order valence-electron chi connectivity index (χ0n) is 19.9. The molecule has 2 atom stereocenters. The number of nitrogens with zero attached hydrogens (tertiary/aromatic N) is 1. The summed E-state index contributed by atoms with van der Waals surface area (Å²) in [6.07, 6.45) is -1.53. The predicted octanol–water partition coefficient (Wildman–Crippen LogP) is 5.11.